The standard InChI is InChI=1S/C32H34BrNO5/c1-18-8-6-7-9-21(18)34-27(37)17-38-24-11-10-19(33)12-20(24)28-29-22(35)13-31(2,3)15-25(29)39-26-16-32(4,5)14-23(36)30(26)28/h6-12,28H,13-17H2,1-5H3,(H,34,37). The van der Waals surface area contributed by atoms with Gasteiger partial charge in [-0.1, -0.05) is 61.8 Å². The van der Waals surface area contributed by atoms with Gasteiger partial charge in [0.15, 0.2) is 18.2 Å². The van der Waals surface area contributed by atoms with Crippen molar-refractivity contribution in [3.63, 3.8) is 0 Å². The molecule has 5 rings (SSSR count). The summed E-state index contributed by atoms with van der Waals surface area (Å²) in [4.78, 5) is 40.1. The van der Waals surface area contributed by atoms with Gasteiger partial charge in [-0.3, -0.25) is 14.4 Å². The number of amides is 1. The van der Waals surface area contributed by atoms with Gasteiger partial charge in [-0.05, 0) is 47.6 Å². The van der Waals surface area contributed by atoms with E-state index in [1.165, 1.54) is 0 Å². The Morgan fingerprint density at radius 1 is 0.949 bits per heavy atom. The van der Waals surface area contributed by atoms with Crippen LogP contribution in [-0.4, -0.2) is 24.1 Å². The van der Waals surface area contributed by atoms with E-state index in [-0.39, 0.29) is 34.9 Å². The van der Waals surface area contributed by atoms with Gasteiger partial charge < -0.3 is 14.8 Å². The molecule has 0 fully saturated rings. The second-order valence-electron chi connectivity index (χ2n) is 12.4. The number of Topliss-reactive ketones (excluding diaryl/α,β-unsaturated/α-hetero) is 2. The van der Waals surface area contributed by atoms with Crippen LogP contribution in [0.25, 0.3) is 0 Å². The fourth-order valence-corrected chi connectivity index (χ4v) is 6.28. The molecule has 0 saturated heterocycles. The van der Waals surface area contributed by atoms with Crippen molar-refractivity contribution < 1.29 is 23.9 Å². The summed E-state index contributed by atoms with van der Waals surface area (Å²) in [6.45, 7) is 9.96. The topological polar surface area (TPSA) is 81.7 Å². The second kappa shape index (κ2) is 10.1. The summed E-state index contributed by atoms with van der Waals surface area (Å²) in [6, 6.07) is 13.1. The van der Waals surface area contributed by atoms with E-state index in [0.29, 0.717) is 59.7 Å². The summed E-state index contributed by atoms with van der Waals surface area (Å²) >= 11 is 3.57. The first-order chi connectivity index (χ1) is 18.3. The fourth-order valence-electron chi connectivity index (χ4n) is 5.90. The molecule has 0 spiro atoms. The minimum atomic E-state index is -0.608. The molecule has 1 amide bonds. The molecule has 39 heavy (non-hydrogen) atoms. The van der Waals surface area contributed by atoms with E-state index in [1.807, 2.05) is 43.3 Å². The lowest BCUT2D eigenvalue weighted by Gasteiger charge is -2.43. The maximum absolute atomic E-state index is 13.6. The lowest BCUT2D eigenvalue weighted by Crippen LogP contribution is -2.37. The zero-order valence-corrected chi connectivity index (χ0v) is 24.7. The number of aryl methyl sites for hydroxylation is 1. The number of carbonyl (C=O) groups is 3. The third-order valence-electron chi connectivity index (χ3n) is 7.64. The van der Waals surface area contributed by atoms with Crippen molar-refractivity contribution in [3.05, 3.63) is 80.7 Å². The Morgan fingerprint density at radius 3 is 2.13 bits per heavy atom. The molecule has 3 aliphatic rings. The number of carbonyl (C=O) groups excluding carboxylic acids is 3. The zero-order chi connectivity index (χ0) is 28.1. The average Bonchev–Trinajstić information content (AvgIpc) is 2.82. The van der Waals surface area contributed by atoms with Gasteiger partial charge in [-0.2, -0.15) is 0 Å². The molecule has 1 N–H and O–H groups in total. The van der Waals surface area contributed by atoms with Gasteiger partial charge >= 0.3 is 0 Å². The van der Waals surface area contributed by atoms with Crippen molar-refractivity contribution in [1.29, 1.82) is 0 Å². The molecule has 0 radical (unpaired) electrons. The molecule has 0 saturated carbocycles. The molecule has 6 nitrogen and oxygen atoms in total. The predicted molar refractivity (Wildman–Crippen MR) is 153 cm³/mol. The van der Waals surface area contributed by atoms with Crippen LogP contribution in [0, 0.1) is 17.8 Å². The van der Waals surface area contributed by atoms with Crippen LogP contribution in [0.2, 0.25) is 0 Å². The highest BCUT2D eigenvalue weighted by Crippen LogP contribution is 2.54. The van der Waals surface area contributed by atoms with Crippen molar-refractivity contribution >= 4 is 39.1 Å². The summed E-state index contributed by atoms with van der Waals surface area (Å²) in [5.41, 5.74) is 2.95. The smallest absolute Gasteiger partial charge is 0.262 e. The number of ketones is 2. The largest absolute Gasteiger partial charge is 0.483 e. The number of benzene rings is 2. The normalized spacial score (nSPS) is 20.3. The van der Waals surface area contributed by atoms with Gasteiger partial charge in [-0.25, -0.2) is 0 Å². The third-order valence-corrected chi connectivity index (χ3v) is 8.14. The van der Waals surface area contributed by atoms with E-state index in [0.717, 1.165) is 15.7 Å². The number of para-hydroxylation sites is 1. The fraction of sp³-hybridized carbons (Fsp3) is 0.406. The molecule has 2 aromatic rings. The van der Waals surface area contributed by atoms with Crippen LogP contribution in [-0.2, 0) is 19.1 Å². The number of halogens is 1. The number of hydrogen-bond donors (Lipinski definition) is 1. The highest BCUT2D eigenvalue weighted by Gasteiger charge is 2.48. The first-order valence-electron chi connectivity index (χ1n) is 13.3. The lowest BCUT2D eigenvalue weighted by atomic mass is 9.65. The Morgan fingerprint density at radius 2 is 1.54 bits per heavy atom. The highest BCUT2D eigenvalue weighted by atomic mass is 79.9. The van der Waals surface area contributed by atoms with Crippen LogP contribution in [0.4, 0.5) is 5.69 Å². The number of anilines is 1. The number of ether oxygens (including phenoxy) is 2. The Hall–Kier alpha value is -3.19. The van der Waals surface area contributed by atoms with Gasteiger partial charge in [-0.15, -0.1) is 0 Å². The van der Waals surface area contributed by atoms with Crippen molar-refractivity contribution in [2.24, 2.45) is 10.8 Å². The van der Waals surface area contributed by atoms with Crippen molar-refractivity contribution in [1.82, 2.24) is 0 Å². The number of hydrogen-bond acceptors (Lipinski definition) is 5. The minimum absolute atomic E-state index is 0.0151. The first-order valence-corrected chi connectivity index (χ1v) is 14.1. The third kappa shape index (κ3) is 5.60. The Balaban J connectivity index is 1.55. The Labute approximate surface area is 238 Å². The second-order valence-corrected chi connectivity index (χ2v) is 13.3. The van der Waals surface area contributed by atoms with Crippen LogP contribution in [0.3, 0.4) is 0 Å². The Kier molecular flexibility index (Phi) is 7.08. The molecule has 204 valence electrons. The number of allylic oxidation sites excluding steroid dienone is 4. The molecule has 7 heteroatoms. The monoisotopic (exact) mass is 591 g/mol. The summed E-state index contributed by atoms with van der Waals surface area (Å²) < 4.78 is 13.3. The molecular weight excluding hydrogens is 558 g/mol. The van der Waals surface area contributed by atoms with E-state index < -0.39 is 5.92 Å². The van der Waals surface area contributed by atoms with Crippen LogP contribution in [0.15, 0.2) is 69.6 Å². The first kappa shape index (κ1) is 27.4. The van der Waals surface area contributed by atoms with E-state index in [9.17, 15) is 14.4 Å². The highest BCUT2D eigenvalue weighted by molar-refractivity contribution is 9.10. The predicted octanol–water partition coefficient (Wildman–Crippen LogP) is 7.18. The summed E-state index contributed by atoms with van der Waals surface area (Å²) in [5, 5.41) is 2.89. The van der Waals surface area contributed by atoms with Gasteiger partial charge in [0.2, 0.25) is 0 Å². The van der Waals surface area contributed by atoms with Crippen molar-refractivity contribution in [2.45, 2.75) is 66.2 Å². The number of rotatable bonds is 5. The number of nitrogens with one attached hydrogen (secondary N) is 1. The van der Waals surface area contributed by atoms with E-state index in [2.05, 4.69) is 48.9 Å². The molecule has 0 bridgehead atoms. The van der Waals surface area contributed by atoms with Crippen LogP contribution < -0.4 is 10.1 Å². The van der Waals surface area contributed by atoms with Crippen LogP contribution in [0.5, 0.6) is 5.75 Å². The molecule has 2 aliphatic carbocycles. The van der Waals surface area contributed by atoms with E-state index in [4.69, 9.17) is 9.47 Å². The summed E-state index contributed by atoms with van der Waals surface area (Å²) in [6.07, 6.45) is 1.96. The molecule has 0 unspecified atom stereocenters. The molecule has 1 aliphatic heterocycles. The quantitative estimate of drug-likeness (QED) is 0.398. The summed E-state index contributed by atoms with van der Waals surface area (Å²) in [5.74, 6) is 0.817. The van der Waals surface area contributed by atoms with Crippen molar-refractivity contribution in [2.75, 3.05) is 11.9 Å². The molecule has 0 atom stereocenters. The zero-order valence-electron chi connectivity index (χ0n) is 23.1. The molecule has 0 aromatic heterocycles. The average molecular weight is 593 g/mol. The van der Waals surface area contributed by atoms with Gasteiger partial charge in [0.1, 0.15) is 17.3 Å². The maximum atomic E-state index is 13.6. The molecular formula is C32H34BrNO5. The summed E-state index contributed by atoms with van der Waals surface area (Å²) in [7, 11) is 0. The maximum Gasteiger partial charge on any atom is 0.262 e. The van der Waals surface area contributed by atoms with Crippen LogP contribution in [0.1, 0.15) is 70.4 Å². The Bertz CT molecular complexity index is 1400. The molecule has 2 aromatic carbocycles. The minimum Gasteiger partial charge on any atom is -0.483 e. The lowest BCUT2D eigenvalue weighted by molar-refractivity contribution is -0.121. The SMILES string of the molecule is Cc1ccccc1NC(=O)COc1ccc(Br)cc1C1C2=C(CC(C)(C)CC2=O)OC2=C1C(=O)CC(C)(C)C2. The van der Waals surface area contributed by atoms with E-state index in [1.54, 1.807) is 6.07 Å². The van der Waals surface area contributed by atoms with Gasteiger partial charge in [0.05, 0.1) is 5.92 Å². The van der Waals surface area contributed by atoms with Crippen LogP contribution >= 0.6 is 15.9 Å². The van der Waals surface area contributed by atoms with Gasteiger partial charge in [0, 0.05) is 52.6 Å². The van der Waals surface area contributed by atoms with Gasteiger partial charge in [0.25, 0.3) is 5.91 Å². The molecule has 1 heterocycles. The van der Waals surface area contributed by atoms with E-state index >= 15 is 0 Å². The van der Waals surface area contributed by atoms with Crippen molar-refractivity contribution in [3.8, 4) is 5.75 Å².